The van der Waals surface area contributed by atoms with Crippen LogP contribution < -0.4 is 5.32 Å². The number of alkyl halides is 1. The van der Waals surface area contributed by atoms with Crippen molar-refractivity contribution >= 4 is 21.8 Å². The molecule has 1 saturated carbocycles. The fraction of sp³-hybridized carbons (Fsp3) is 0.929. The second-order valence-electron chi connectivity index (χ2n) is 6.14. The van der Waals surface area contributed by atoms with E-state index in [1.165, 1.54) is 12.8 Å². The van der Waals surface area contributed by atoms with Crippen LogP contribution in [0.1, 0.15) is 46.0 Å². The third kappa shape index (κ3) is 3.08. The van der Waals surface area contributed by atoms with E-state index < -0.39 is 0 Å². The molecule has 0 aromatic heterocycles. The third-order valence-electron chi connectivity index (χ3n) is 4.52. The minimum absolute atomic E-state index is 0.0464. The summed E-state index contributed by atoms with van der Waals surface area (Å²) in [7, 11) is 0. The molecule has 4 heteroatoms. The molecule has 2 atom stereocenters. The molecule has 1 amide bonds. The zero-order chi connectivity index (χ0) is 13.2. The number of rotatable bonds is 3. The zero-order valence-corrected chi connectivity index (χ0v) is 13.0. The fourth-order valence-corrected chi connectivity index (χ4v) is 3.67. The van der Waals surface area contributed by atoms with Crippen LogP contribution in [0.25, 0.3) is 0 Å². The first-order valence-electron chi connectivity index (χ1n) is 7.06. The van der Waals surface area contributed by atoms with Gasteiger partial charge < -0.3 is 10.1 Å². The molecule has 0 spiro atoms. The van der Waals surface area contributed by atoms with E-state index in [0.717, 1.165) is 37.1 Å². The van der Waals surface area contributed by atoms with Crippen LogP contribution in [0.3, 0.4) is 0 Å². The third-order valence-corrected chi connectivity index (χ3v) is 5.59. The molecule has 0 radical (unpaired) electrons. The minimum atomic E-state index is -0.236. The molecule has 1 aliphatic carbocycles. The average molecular weight is 318 g/mol. The molecule has 3 nitrogen and oxygen atoms in total. The molecular formula is C14H24BrNO2. The molecular weight excluding hydrogens is 294 g/mol. The number of carbonyl (C=O) groups excluding carboxylic acids is 1. The van der Waals surface area contributed by atoms with Gasteiger partial charge in [0.1, 0.15) is 6.10 Å². The normalized spacial score (nSPS) is 40.7. The Balaban J connectivity index is 1.95. The number of amides is 1. The van der Waals surface area contributed by atoms with Crippen LogP contribution in [0, 0.1) is 11.8 Å². The van der Waals surface area contributed by atoms with Gasteiger partial charge in [0, 0.05) is 17.5 Å². The molecule has 18 heavy (non-hydrogen) atoms. The zero-order valence-electron chi connectivity index (χ0n) is 11.4. The summed E-state index contributed by atoms with van der Waals surface area (Å²) in [6.45, 7) is 5.11. The van der Waals surface area contributed by atoms with Gasteiger partial charge in [0.25, 0.3) is 0 Å². The van der Waals surface area contributed by atoms with Crippen molar-refractivity contribution in [2.45, 2.75) is 57.6 Å². The Bertz CT molecular complexity index is 300. The predicted octanol–water partition coefficient (Wildman–Crippen LogP) is 2.87. The lowest BCUT2D eigenvalue weighted by Gasteiger charge is -2.39. The SMILES string of the molecule is CC1CCC(CBr)(NC(=O)C2OCCC2C)CC1. The van der Waals surface area contributed by atoms with Gasteiger partial charge in [-0.05, 0) is 43.9 Å². The van der Waals surface area contributed by atoms with Crippen molar-refractivity contribution in [3.05, 3.63) is 0 Å². The van der Waals surface area contributed by atoms with Gasteiger partial charge in [0.15, 0.2) is 0 Å². The maximum atomic E-state index is 12.3. The largest absolute Gasteiger partial charge is 0.368 e. The Morgan fingerprint density at radius 3 is 2.50 bits per heavy atom. The quantitative estimate of drug-likeness (QED) is 0.813. The Hall–Kier alpha value is -0.0900. The Labute approximate surface area is 118 Å². The van der Waals surface area contributed by atoms with Gasteiger partial charge in [-0.3, -0.25) is 4.79 Å². The minimum Gasteiger partial charge on any atom is -0.368 e. The molecule has 0 aromatic rings. The van der Waals surface area contributed by atoms with Crippen molar-refractivity contribution in [1.82, 2.24) is 5.32 Å². The number of hydrogen-bond acceptors (Lipinski definition) is 2. The monoisotopic (exact) mass is 317 g/mol. The number of halogens is 1. The highest BCUT2D eigenvalue weighted by molar-refractivity contribution is 9.09. The first-order chi connectivity index (χ1) is 8.56. The number of hydrogen-bond donors (Lipinski definition) is 1. The Morgan fingerprint density at radius 2 is 2.00 bits per heavy atom. The van der Waals surface area contributed by atoms with Gasteiger partial charge in [0.05, 0.1) is 0 Å². The van der Waals surface area contributed by atoms with E-state index in [-0.39, 0.29) is 17.6 Å². The van der Waals surface area contributed by atoms with E-state index in [1.54, 1.807) is 0 Å². The van der Waals surface area contributed by atoms with Crippen LogP contribution in [0.5, 0.6) is 0 Å². The molecule has 2 fully saturated rings. The van der Waals surface area contributed by atoms with Gasteiger partial charge in [-0.1, -0.05) is 29.8 Å². The van der Waals surface area contributed by atoms with E-state index in [2.05, 4.69) is 35.1 Å². The van der Waals surface area contributed by atoms with Crippen molar-refractivity contribution in [2.75, 3.05) is 11.9 Å². The van der Waals surface area contributed by atoms with E-state index in [0.29, 0.717) is 5.92 Å². The van der Waals surface area contributed by atoms with Gasteiger partial charge in [-0.15, -0.1) is 0 Å². The predicted molar refractivity (Wildman–Crippen MR) is 75.8 cm³/mol. The van der Waals surface area contributed by atoms with Crippen LogP contribution in [0.4, 0.5) is 0 Å². The number of carbonyl (C=O) groups is 1. The first-order valence-corrected chi connectivity index (χ1v) is 8.18. The fourth-order valence-electron chi connectivity index (χ4n) is 2.97. The van der Waals surface area contributed by atoms with Crippen LogP contribution in [-0.4, -0.2) is 29.5 Å². The van der Waals surface area contributed by atoms with Gasteiger partial charge >= 0.3 is 0 Å². The highest BCUT2D eigenvalue weighted by Crippen LogP contribution is 2.34. The van der Waals surface area contributed by atoms with Gasteiger partial charge in [-0.25, -0.2) is 0 Å². The average Bonchev–Trinajstić information content (AvgIpc) is 2.79. The summed E-state index contributed by atoms with van der Waals surface area (Å²) in [5, 5.41) is 4.11. The van der Waals surface area contributed by atoms with Crippen molar-refractivity contribution in [3.8, 4) is 0 Å². The summed E-state index contributed by atoms with van der Waals surface area (Å²) in [5.74, 6) is 1.23. The number of ether oxygens (including phenoxy) is 1. The lowest BCUT2D eigenvalue weighted by atomic mass is 9.78. The molecule has 1 saturated heterocycles. The van der Waals surface area contributed by atoms with Gasteiger partial charge in [-0.2, -0.15) is 0 Å². The standard InChI is InChI=1S/C14H24BrNO2/c1-10-3-6-14(9-15,7-4-10)16-13(17)12-11(2)5-8-18-12/h10-12H,3-9H2,1-2H3,(H,16,17). The Kier molecular flexibility index (Phi) is 4.70. The second kappa shape index (κ2) is 5.91. The van der Waals surface area contributed by atoms with Gasteiger partial charge in [0.2, 0.25) is 5.91 Å². The van der Waals surface area contributed by atoms with E-state index in [4.69, 9.17) is 4.74 Å². The van der Waals surface area contributed by atoms with Crippen molar-refractivity contribution in [3.63, 3.8) is 0 Å². The van der Waals surface area contributed by atoms with Crippen LogP contribution in [0.15, 0.2) is 0 Å². The van der Waals surface area contributed by atoms with Crippen molar-refractivity contribution in [1.29, 1.82) is 0 Å². The van der Waals surface area contributed by atoms with Crippen LogP contribution >= 0.6 is 15.9 Å². The van der Waals surface area contributed by atoms with Crippen molar-refractivity contribution in [2.24, 2.45) is 11.8 Å². The maximum Gasteiger partial charge on any atom is 0.249 e. The molecule has 0 aromatic carbocycles. The topological polar surface area (TPSA) is 38.3 Å². The van der Waals surface area contributed by atoms with E-state index >= 15 is 0 Å². The molecule has 1 N–H and O–H groups in total. The first kappa shape index (κ1) is 14.3. The summed E-state index contributed by atoms with van der Waals surface area (Å²) in [5.41, 5.74) is -0.0464. The lowest BCUT2D eigenvalue weighted by molar-refractivity contribution is -0.133. The summed E-state index contributed by atoms with van der Waals surface area (Å²) >= 11 is 3.58. The highest BCUT2D eigenvalue weighted by Gasteiger charge is 2.39. The summed E-state index contributed by atoms with van der Waals surface area (Å²) in [6, 6.07) is 0. The molecule has 1 heterocycles. The van der Waals surface area contributed by atoms with E-state index in [1.807, 2.05) is 0 Å². The van der Waals surface area contributed by atoms with Crippen molar-refractivity contribution < 1.29 is 9.53 Å². The molecule has 104 valence electrons. The summed E-state index contributed by atoms with van der Waals surface area (Å²) < 4.78 is 5.55. The Morgan fingerprint density at radius 1 is 1.33 bits per heavy atom. The molecule has 2 unspecified atom stereocenters. The number of nitrogens with one attached hydrogen (secondary N) is 1. The second-order valence-corrected chi connectivity index (χ2v) is 6.70. The van der Waals surface area contributed by atoms with E-state index in [9.17, 15) is 4.79 Å². The smallest absolute Gasteiger partial charge is 0.249 e. The maximum absolute atomic E-state index is 12.3. The molecule has 1 aliphatic heterocycles. The molecule has 2 rings (SSSR count). The summed E-state index contributed by atoms with van der Waals surface area (Å²) in [4.78, 5) is 12.3. The van der Waals surface area contributed by atoms with Crippen LogP contribution in [-0.2, 0) is 9.53 Å². The summed E-state index contributed by atoms with van der Waals surface area (Å²) in [6.07, 6.45) is 5.31. The molecule has 2 aliphatic rings. The van der Waals surface area contributed by atoms with Crippen LogP contribution in [0.2, 0.25) is 0 Å². The lowest BCUT2D eigenvalue weighted by Crippen LogP contribution is -2.55. The molecule has 0 bridgehead atoms. The highest BCUT2D eigenvalue weighted by atomic mass is 79.9.